The second-order valence-corrected chi connectivity index (χ2v) is 6.43. The van der Waals surface area contributed by atoms with E-state index in [-0.39, 0.29) is 5.91 Å². The number of aromatic amines is 1. The van der Waals surface area contributed by atoms with Crippen LogP contribution in [0.2, 0.25) is 0 Å². The molecule has 2 atom stereocenters. The summed E-state index contributed by atoms with van der Waals surface area (Å²) in [5.74, 6) is 1.50. The van der Waals surface area contributed by atoms with E-state index in [0.29, 0.717) is 11.8 Å². The van der Waals surface area contributed by atoms with E-state index in [1.165, 1.54) is 50.3 Å². The molecule has 1 aromatic heterocycles. The maximum atomic E-state index is 12.4. The minimum atomic E-state index is 0.268. The van der Waals surface area contributed by atoms with Gasteiger partial charge in [-0.2, -0.15) is 10.3 Å². The number of nitrogens with one attached hydrogen (secondary N) is 1. The number of piperidine rings is 1. The first kappa shape index (κ1) is 13.0. The molecule has 1 aromatic rings. The standard InChI is InChI=1S/C13H20N4OS/c18-13(9-19-12-8-14-16-15-12)17-7-3-5-10-4-1-2-6-11(10)17/h8,10-11H,1-7,9H2,(H,14,15,16)/t10-,11+/m0/s1. The van der Waals surface area contributed by atoms with E-state index in [0.717, 1.165) is 17.5 Å². The first-order valence-electron chi connectivity index (χ1n) is 7.12. The van der Waals surface area contributed by atoms with Gasteiger partial charge in [-0.25, -0.2) is 0 Å². The van der Waals surface area contributed by atoms with Crippen molar-refractivity contribution in [2.75, 3.05) is 12.3 Å². The number of hydrogen-bond donors (Lipinski definition) is 1. The topological polar surface area (TPSA) is 61.9 Å². The molecule has 1 N–H and O–H groups in total. The van der Waals surface area contributed by atoms with E-state index in [1.54, 1.807) is 6.20 Å². The summed E-state index contributed by atoms with van der Waals surface area (Å²) in [7, 11) is 0. The predicted octanol–water partition coefficient (Wildman–Crippen LogP) is 2.08. The van der Waals surface area contributed by atoms with Crippen LogP contribution in [0.4, 0.5) is 0 Å². The molecule has 1 aliphatic carbocycles. The fraction of sp³-hybridized carbons (Fsp3) is 0.769. The van der Waals surface area contributed by atoms with Crippen LogP contribution in [0.25, 0.3) is 0 Å². The number of H-pyrrole nitrogens is 1. The minimum absolute atomic E-state index is 0.268. The summed E-state index contributed by atoms with van der Waals surface area (Å²) in [5, 5.41) is 11.1. The molecule has 104 valence electrons. The molecular weight excluding hydrogens is 260 g/mol. The van der Waals surface area contributed by atoms with Gasteiger partial charge in [-0.1, -0.05) is 24.6 Å². The van der Waals surface area contributed by atoms with Crippen LogP contribution in [0.15, 0.2) is 11.2 Å². The highest BCUT2D eigenvalue weighted by atomic mass is 32.2. The van der Waals surface area contributed by atoms with Gasteiger partial charge >= 0.3 is 0 Å². The summed E-state index contributed by atoms with van der Waals surface area (Å²) in [6.45, 7) is 0.944. The van der Waals surface area contributed by atoms with Crippen LogP contribution < -0.4 is 0 Å². The maximum Gasteiger partial charge on any atom is 0.233 e. The summed E-state index contributed by atoms with van der Waals surface area (Å²) >= 11 is 1.47. The van der Waals surface area contributed by atoms with E-state index >= 15 is 0 Å². The van der Waals surface area contributed by atoms with Crippen molar-refractivity contribution in [3.8, 4) is 0 Å². The summed E-state index contributed by atoms with van der Waals surface area (Å²) in [5.41, 5.74) is 0. The molecule has 0 unspecified atom stereocenters. The monoisotopic (exact) mass is 280 g/mol. The number of thioether (sulfide) groups is 1. The van der Waals surface area contributed by atoms with Crippen LogP contribution in [0.5, 0.6) is 0 Å². The molecule has 2 aliphatic rings. The Balaban J connectivity index is 1.58. The fourth-order valence-electron chi connectivity index (χ4n) is 3.41. The molecule has 2 fully saturated rings. The summed E-state index contributed by atoms with van der Waals surface area (Å²) in [4.78, 5) is 14.5. The quantitative estimate of drug-likeness (QED) is 0.861. The number of aromatic nitrogens is 3. The van der Waals surface area contributed by atoms with Gasteiger partial charge in [-0.15, -0.1) is 5.10 Å². The lowest BCUT2D eigenvalue weighted by Gasteiger charge is -2.44. The molecule has 1 amide bonds. The van der Waals surface area contributed by atoms with Crippen LogP contribution in [-0.4, -0.2) is 44.6 Å². The van der Waals surface area contributed by atoms with Gasteiger partial charge in [0.1, 0.15) is 5.03 Å². The van der Waals surface area contributed by atoms with Crippen LogP contribution in [0.1, 0.15) is 38.5 Å². The molecule has 1 aliphatic heterocycles. The Morgan fingerprint density at radius 3 is 3.05 bits per heavy atom. The first-order chi connectivity index (χ1) is 9.34. The van der Waals surface area contributed by atoms with Gasteiger partial charge in [0.05, 0.1) is 11.9 Å². The van der Waals surface area contributed by atoms with Crippen molar-refractivity contribution >= 4 is 17.7 Å². The maximum absolute atomic E-state index is 12.4. The number of fused-ring (bicyclic) bond motifs is 1. The third kappa shape index (κ3) is 2.94. The number of amides is 1. The molecule has 2 heterocycles. The predicted molar refractivity (Wildman–Crippen MR) is 73.8 cm³/mol. The Labute approximate surface area is 117 Å². The average molecular weight is 280 g/mol. The van der Waals surface area contributed by atoms with Crippen LogP contribution >= 0.6 is 11.8 Å². The second-order valence-electron chi connectivity index (χ2n) is 5.44. The number of nitrogens with zero attached hydrogens (tertiary/aromatic N) is 3. The Kier molecular flexibility index (Phi) is 4.06. The molecule has 0 bridgehead atoms. The largest absolute Gasteiger partial charge is 0.339 e. The number of rotatable bonds is 3. The minimum Gasteiger partial charge on any atom is -0.339 e. The lowest BCUT2D eigenvalue weighted by molar-refractivity contribution is -0.134. The van der Waals surface area contributed by atoms with E-state index < -0.39 is 0 Å². The van der Waals surface area contributed by atoms with Crippen LogP contribution in [-0.2, 0) is 4.79 Å². The third-order valence-electron chi connectivity index (χ3n) is 4.30. The molecule has 1 saturated carbocycles. The van der Waals surface area contributed by atoms with Gasteiger partial charge in [0, 0.05) is 12.6 Å². The third-order valence-corrected chi connectivity index (χ3v) is 5.18. The highest BCUT2D eigenvalue weighted by molar-refractivity contribution is 7.99. The number of carbonyl (C=O) groups excluding carboxylic acids is 1. The summed E-state index contributed by atoms with van der Waals surface area (Å²) in [6.07, 6.45) is 9.28. The van der Waals surface area contributed by atoms with Crippen LogP contribution in [0.3, 0.4) is 0 Å². The zero-order valence-corrected chi connectivity index (χ0v) is 11.9. The van der Waals surface area contributed by atoms with Gasteiger partial charge < -0.3 is 4.90 Å². The van der Waals surface area contributed by atoms with Gasteiger partial charge in [-0.3, -0.25) is 4.79 Å². The summed E-state index contributed by atoms with van der Waals surface area (Å²) < 4.78 is 0. The highest BCUT2D eigenvalue weighted by Crippen LogP contribution is 2.35. The van der Waals surface area contributed by atoms with Gasteiger partial charge in [0.2, 0.25) is 5.91 Å². The van der Waals surface area contributed by atoms with E-state index in [9.17, 15) is 4.79 Å². The number of likely N-dealkylation sites (tertiary alicyclic amines) is 1. The zero-order valence-electron chi connectivity index (χ0n) is 11.0. The highest BCUT2D eigenvalue weighted by Gasteiger charge is 2.35. The van der Waals surface area contributed by atoms with Crippen molar-refractivity contribution in [3.63, 3.8) is 0 Å². The molecule has 1 saturated heterocycles. The molecule has 0 spiro atoms. The normalized spacial score (nSPS) is 27.1. The smallest absolute Gasteiger partial charge is 0.233 e. The Morgan fingerprint density at radius 1 is 1.37 bits per heavy atom. The summed E-state index contributed by atoms with van der Waals surface area (Å²) in [6, 6.07) is 0.507. The first-order valence-corrected chi connectivity index (χ1v) is 8.11. The van der Waals surface area contributed by atoms with E-state index in [4.69, 9.17) is 0 Å². The molecule has 19 heavy (non-hydrogen) atoms. The number of hydrogen-bond acceptors (Lipinski definition) is 4. The van der Waals surface area contributed by atoms with Crippen molar-refractivity contribution in [2.24, 2.45) is 5.92 Å². The van der Waals surface area contributed by atoms with Gasteiger partial charge in [0.25, 0.3) is 0 Å². The Hall–Kier alpha value is -1.04. The van der Waals surface area contributed by atoms with Crippen molar-refractivity contribution in [2.45, 2.75) is 49.6 Å². The SMILES string of the molecule is O=C(CSc1cn[nH]n1)N1CCC[C@@H]2CCCC[C@H]21. The molecule has 5 nitrogen and oxygen atoms in total. The number of carbonyl (C=O) groups is 1. The molecule has 6 heteroatoms. The van der Waals surface area contributed by atoms with Crippen LogP contribution in [0, 0.1) is 5.92 Å². The lowest BCUT2D eigenvalue weighted by Crippen LogP contribution is -2.50. The zero-order chi connectivity index (χ0) is 13.1. The second kappa shape index (κ2) is 5.94. The van der Waals surface area contributed by atoms with Crippen molar-refractivity contribution in [1.82, 2.24) is 20.3 Å². The molecule has 0 radical (unpaired) electrons. The molecule has 0 aromatic carbocycles. The van der Waals surface area contributed by atoms with E-state index in [1.807, 2.05) is 0 Å². The fourth-order valence-corrected chi connectivity index (χ4v) is 4.08. The van der Waals surface area contributed by atoms with Crippen molar-refractivity contribution in [3.05, 3.63) is 6.20 Å². The Bertz CT molecular complexity index is 420. The lowest BCUT2D eigenvalue weighted by atomic mass is 9.78. The molecular formula is C13H20N4OS. The average Bonchev–Trinajstić information content (AvgIpc) is 2.97. The van der Waals surface area contributed by atoms with Gasteiger partial charge in [-0.05, 0) is 31.6 Å². The van der Waals surface area contributed by atoms with Crippen molar-refractivity contribution in [1.29, 1.82) is 0 Å². The van der Waals surface area contributed by atoms with Crippen molar-refractivity contribution < 1.29 is 4.79 Å². The molecule has 3 rings (SSSR count). The van der Waals surface area contributed by atoms with E-state index in [2.05, 4.69) is 20.3 Å². The Morgan fingerprint density at radius 2 is 2.21 bits per heavy atom. The van der Waals surface area contributed by atoms with Gasteiger partial charge in [0.15, 0.2) is 0 Å².